The Balaban J connectivity index is 1.20. The zero-order valence-corrected chi connectivity index (χ0v) is 30.2. The number of rotatable bonds is 7. The second kappa shape index (κ2) is 12.6. The number of hydrogen-bond acceptors (Lipinski definition) is 6. The standard InChI is InChI=1S/C41H43N3O6Si/c1-26-39(51(2,3)49)36(22-23-45)50-41(26)32-24-31(44-34-11-7-5-9-29(34)15-21-38(44)47)18-19-35(32)42(40(41)48)25-27-12-16-30(17-13-27)43-33-10-6-4-8-28(33)14-20-37(43)46/h4-13,16-19,24,26,36,39,45,49H,14-15,20-23,25H2,1-3H3/t26-,36+,39-,41+/m1/s1. The van der Waals surface area contributed by atoms with Crippen LogP contribution < -0.4 is 14.7 Å². The van der Waals surface area contributed by atoms with Gasteiger partial charge in [-0.3, -0.25) is 24.2 Å². The Hall–Kier alpha value is -4.61. The van der Waals surface area contributed by atoms with E-state index < -0.39 is 25.9 Å². The second-order valence-electron chi connectivity index (χ2n) is 14.8. The molecule has 1 fully saturated rings. The van der Waals surface area contributed by atoms with E-state index in [9.17, 15) is 19.5 Å². The molecule has 4 atom stereocenters. The van der Waals surface area contributed by atoms with Gasteiger partial charge in [-0.2, -0.15) is 0 Å². The third-order valence-corrected chi connectivity index (χ3v) is 13.9. The number of ether oxygens (including phenoxy) is 1. The summed E-state index contributed by atoms with van der Waals surface area (Å²) >= 11 is 0. The SMILES string of the molecule is C[C@@H]1[C@@H]([Si](C)(C)O)[C@H](CCO)O[C@@]12C(=O)N(Cc1ccc(N3C(=O)CCc4ccccc43)cc1)c1ccc(N3C(=O)CCc4ccccc43)cc12. The van der Waals surface area contributed by atoms with E-state index in [-0.39, 0.29) is 36.4 Å². The molecule has 51 heavy (non-hydrogen) atoms. The van der Waals surface area contributed by atoms with Crippen LogP contribution in [0.15, 0.2) is 91.0 Å². The van der Waals surface area contributed by atoms with Gasteiger partial charge in [-0.1, -0.05) is 55.5 Å². The van der Waals surface area contributed by atoms with E-state index in [2.05, 4.69) is 6.07 Å². The van der Waals surface area contributed by atoms with Crippen molar-refractivity contribution in [3.05, 3.63) is 113 Å². The molecule has 4 heterocycles. The number of nitrogens with zero attached hydrogens (tertiary/aromatic N) is 3. The minimum Gasteiger partial charge on any atom is -0.432 e. The Morgan fingerprint density at radius 1 is 0.765 bits per heavy atom. The third-order valence-electron chi connectivity index (χ3n) is 11.4. The highest BCUT2D eigenvalue weighted by molar-refractivity contribution is 6.71. The number of amides is 3. The maximum absolute atomic E-state index is 15.0. The Morgan fingerprint density at radius 3 is 1.92 bits per heavy atom. The fraction of sp³-hybridized carbons (Fsp3) is 0.341. The number of aliphatic hydroxyl groups excluding tert-OH is 1. The molecule has 0 aliphatic carbocycles. The molecule has 4 aromatic carbocycles. The zero-order valence-electron chi connectivity index (χ0n) is 29.2. The van der Waals surface area contributed by atoms with Crippen molar-refractivity contribution in [1.82, 2.24) is 0 Å². The van der Waals surface area contributed by atoms with Gasteiger partial charge in [0.25, 0.3) is 5.91 Å². The highest BCUT2D eigenvalue weighted by Gasteiger charge is 2.66. The Labute approximate surface area is 299 Å². The first-order valence-electron chi connectivity index (χ1n) is 17.9. The number of aliphatic hydroxyl groups is 1. The predicted molar refractivity (Wildman–Crippen MR) is 199 cm³/mol. The molecule has 4 aliphatic heterocycles. The van der Waals surface area contributed by atoms with E-state index in [0.29, 0.717) is 42.6 Å². The largest absolute Gasteiger partial charge is 0.432 e. The van der Waals surface area contributed by atoms with Crippen LogP contribution in [-0.4, -0.2) is 48.7 Å². The topological polar surface area (TPSA) is 111 Å². The van der Waals surface area contributed by atoms with Crippen LogP contribution in [0.3, 0.4) is 0 Å². The molecule has 10 heteroatoms. The van der Waals surface area contributed by atoms with Gasteiger partial charge < -0.3 is 19.5 Å². The summed E-state index contributed by atoms with van der Waals surface area (Å²) in [6.07, 6.45) is 2.00. The van der Waals surface area contributed by atoms with E-state index in [1.807, 2.05) is 105 Å². The van der Waals surface area contributed by atoms with Gasteiger partial charge in [0.05, 0.1) is 29.7 Å². The number of aryl methyl sites for hydroxylation is 2. The average Bonchev–Trinajstić information content (AvgIpc) is 3.54. The summed E-state index contributed by atoms with van der Waals surface area (Å²) in [5, 5.41) is 10.0. The van der Waals surface area contributed by atoms with Crippen LogP contribution in [0.2, 0.25) is 18.6 Å². The molecular formula is C41H43N3O6Si. The Kier molecular flexibility index (Phi) is 8.25. The number of carbonyl (C=O) groups excluding carboxylic acids is 3. The van der Waals surface area contributed by atoms with Crippen LogP contribution in [0, 0.1) is 5.92 Å². The molecule has 0 bridgehead atoms. The van der Waals surface area contributed by atoms with Gasteiger partial charge in [-0.25, -0.2) is 0 Å². The van der Waals surface area contributed by atoms with Gasteiger partial charge >= 0.3 is 0 Å². The predicted octanol–water partition coefficient (Wildman–Crippen LogP) is 6.64. The van der Waals surface area contributed by atoms with Crippen LogP contribution in [0.25, 0.3) is 0 Å². The maximum Gasteiger partial charge on any atom is 0.264 e. The van der Waals surface area contributed by atoms with Crippen molar-refractivity contribution in [3.8, 4) is 0 Å². The van der Waals surface area contributed by atoms with Gasteiger partial charge in [0.15, 0.2) is 13.9 Å². The highest BCUT2D eigenvalue weighted by Crippen LogP contribution is 2.60. The number of benzene rings is 4. The Bertz CT molecular complexity index is 2040. The van der Waals surface area contributed by atoms with Crippen LogP contribution >= 0.6 is 0 Å². The zero-order chi connectivity index (χ0) is 35.7. The first-order chi connectivity index (χ1) is 24.5. The molecule has 0 saturated carbocycles. The van der Waals surface area contributed by atoms with Crippen LogP contribution in [0.1, 0.15) is 48.4 Å². The van der Waals surface area contributed by atoms with Gasteiger partial charge in [-0.15, -0.1) is 0 Å². The van der Waals surface area contributed by atoms with Gasteiger partial charge in [0.1, 0.15) is 0 Å². The molecule has 1 spiro atoms. The summed E-state index contributed by atoms with van der Waals surface area (Å²) in [7, 11) is -2.89. The van der Waals surface area contributed by atoms with Crippen LogP contribution in [-0.2, 0) is 44.1 Å². The van der Waals surface area contributed by atoms with E-state index in [1.54, 1.807) is 14.7 Å². The first kappa shape index (κ1) is 33.5. The lowest BCUT2D eigenvalue weighted by Crippen LogP contribution is -2.46. The highest BCUT2D eigenvalue weighted by atomic mass is 28.4. The lowest BCUT2D eigenvalue weighted by Gasteiger charge is -2.33. The number of para-hydroxylation sites is 2. The van der Waals surface area contributed by atoms with Crippen molar-refractivity contribution in [2.45, 2.75) is 75.9 Å². The number of fused-ring (bicyclic) bond motifs is 4. The normalized spacial score (nSPS) is 24.3. The molecule has 2 N–H and O–H groups in total. The fourth-order valence-electron chi connectivity index (χ4n) is 9.11. The first-order valence-corrected chi connectivity index (χ1v) is 20.9. The molecular weight excluding hydrogens is 659 g/mol. The maximum atomic E-state index is 15.0. The van der Waals surface area contributed by atoms with E-state index >= 15 is 4.79 Å². The molecule has 4 aliphatic rings. The van der Waals surface area contributed by atoms with Gasteiger partial charge in [0, 0.05) is 47.8 Å². The van der Waals surface area contributed by atoms with E-state index in [0.717, 1.165) is 40.2 Å². The van der Waals surface area contributed by atoms with Crippen molar-refractivity contribution in [2.75, 3.05) is 21.3 Å². The van der Waals surface area contributed by atoms with Crippen molar-refractivity contribution in [3.63, 3.8) is 0 Å². The van der Waals surface area contributed by atoms with Crippen molar-refractivity contribution >= 4 is 54.5 Å². The summed E-state index contributed by atoms with van der Waals surface area (Å²) in [6.45, 7) is 5.84. The van der Waals surface area contributed by atoms with Crippen molar-refractivity contribution < 1.29 is 29.0 Å². The van der Waals surface area contributed by atoms with Crippen LogP contribution in [0.5, 0.6) is 0 Å². The molecule has 0 radical (unpaired) electrons. The second-order valence-corrected chi connectivity index (χ2v) is 18.8. The summed E-state index contributed by atoms with van der Waals surface area (Å²) < 4.78 is 6.87. The number of hydrogen-bond donors (Lipinski definition) is 2. The van der Waals surface area contributed by atoms with E-state index in [4.69, 9.17) is 4.74 Å². The summed E-state index contributed by atoms with van der Waals surface area (Å²) in [4.78, 5) is 58.4. The lowest BCUT2D eigenvalue weighted by molar-refractivity contribution is -0.146. The molecule has 4 aromatic rings. The molecule has 0 unspecified atom stereocenters. The molecule has 262 valence electrons. The summed E-state index contributed by atoms with van der Waals surface area (Å²) in [5.74, 6) is -0.587. The molecule has 1 saturated heterocycles. The number of anilines is 5. The van der Waals surface area contributed by atoms with Crippen molar-refractivity contribution in [1.29, 1.82) is 0 Å². The fourth-order valence-corrected chi connectivity index (χ4v) is 11.7. The monoisotopic (exact) mass is 701 g/mol. The van der Waals surface area contributed by atoms with Crippen LogP contribution in [0.4, 0.5) is 28.4 Å². The van der Waals surface area contributed by atoms with Gasteiger partial charge in [-0.05, 0) is 91.5 Å². The Morgan fingerprint density at radius 2 is 1.33 bits per heavy atom. The molecule has 8 rings (SSSR count). The summed E-state index contributed by atoms with van der Waals surface area (Å²) in [5.41, 5.74) is 5.90. The summed E-state index contributed by atoms with van der Waals surface area (Å²) in [6, 6.07) is 29.4. The third kappa shape index (κ3) is 5.35. The lowest BCUT2D eigenvalue weighted by atomic mass is 9.82. The molecule has 0 aromatic heterocycles. The quantitative estimate of drug-likeness (QED) is 0.209. The minimum atomic E-state index is -2.89. The van der Waals surface area contributed by atoms with Gasteiger partial charge in [0.2, 0.25) is 11.8 Å². The number of carbonyl (C=O) groups is 3. The molecule has 3 amide bonds. The smallest absolute Gasteiger partial charge is 0.264 e. The van der Waals surface area contributed by atoms with Crippen molar-refractivity contribution in [2.24, 2.45) is 5.92 Å². The molecule has 9 nitrogen and oxygen atoms in total. The van der Waals surface area contributed by atoms with E-state index in [1.165, 1.54) is 0 Å². The minimum absolute atomic E-state index is 0.0147. The average molecular weight is 702 g/mol.